The van der Waals surface area contributed by atoms with E-state index in [1.807, 2.05) is 0 Å². The molecule has 1 aromatic heterocycles. The number of hydrogen-bond acceptors (Lipinski definition) is 3. The quantitative estimate of drug-likeness (QED) is 0.886. The molecule has 110 valence electrons. The zero-order valence-corrected chi connectivity index (χ0v) is 12.7. The summed E-state index contributed by atoms with van der Waals surface area (Å²) in [6.45, 7) is 4.85. The highest BCUT2D eigenvalue weighted by Crippen LogP contribution is 2.14. The Morgan fingerprint density at radius 3 is 2.38 bits per heavy atom. The van der Waals surface area contributed by atoms with Crippen molar-refractivity contribution in [2.45, 2.75) is 26.3 Å². The minimum Gasteiger partial charge on any atom is -0.373 e. The number of amides is 1. The normalized spacial score (nSPS) is 10.5. The Balaban J connectivity index is 1.93. The van der Waals surface area contributed by atoms with Gasteiger partial charge in [-0.3, -0.25) is 4.79 Å². The molecule has 1 amide bonds. The third-order valence-electron chi connectivity index (χ3n) is 3.38. The minimum absolute atomic E-state index is 0.113. The molecular formula is C17H21N3O. The van der Waals surface area contributed by atoms with Crippen molar-refractivity contribution in [3.8, 4) is 0 Å². The third-order valence-corrected chi connectivity index (χ3v) is 3.38. The van der Waals surface area contributed by atoms with E-state index in [0.29, 0.717) is 18.0 Å². The van der Waals surface area contributed by atoms with E-state index in [1.165, 1.54) is 5.56 Å². The van der Waals surface area contributed by atoms with Gasteiger partial charge in [-0.2, -0.15) is 0 Å². The van der Waals surface area contributed by atoms with Crippen LogP contribution in [-0.4, -0.2) is 17.9 Å². The maximum Gasteiger partial charge on any atom is 0.253 e. The predicted octanol–water partition coefficient (Wildman–Crippen LogP) is 3.18. The Morgan fingerprint density at radius 1 is 1.14 bits per heavy atom. The van der Waals surface area contributed by atoms with Gasteiger partial charge in [0, 0.05) is 19.8 Å². The smallest absolute Gasteiger partial charge is 0.253 e. The van der Waals surface area contributed by atoms with E-state index in [-0.39, 0.29) is 5.91 Å². The molecule has 0 spiro atoms. The lowest BCUT2D eigenvalue weighted by Gasteiger charge is -2.08. The van der Waals surface area contributed by atoms with E-state index in [0.717, 1.165) is 11.4 Å². The lowest BCUT2D eigenvalue weighted by atomic mass is 10.0. The number of pyridine rings is 1. The zero-order valence-electron chi connectivity index (χ0n) is 12.7. The fourth-order valence-corrected chi connectivity index (χ4v) is 1.98. The Hall–Kier alpha value is -2.36. The van der Waals surface area contributed by atoms with Crippen molar-refractivity contribution in [1.29, 1.82) is 0 Å². The standard InChI is InChI=1S/C17H21N3O/c1-12(2)14-6-4-13(5-7-14)10-20-17(21)15-8-9-16(18-3)19-11-15/h4-9,11-12H,10H2,1-3H3,(H,18,19)(H,20,21). The lowest BCUT2D eigenvalue weighted by Crippen LogP contribution is -2.22. The average molecular weight is 283 g/mol. The van der Waals surface area contributed by atoms with Gasteiger partial charge in [0.05, 0.1) is 5.56 Å². The number of aromatic nitrogens is 1. The number of rotatable bonds is 5. The largest absolute Gasteiger partial charge is 0.373 e. The molecule has 0 saturated carbocycles. The molecule has 0 bridgehead atoms. The molecule has 4 nitrogen and oxygen atoms in total. The first-order chi connectivity index (χ1) is 10.1. The highest BCUT2D eigenvalue weighted by atomic mass is 16.1. The van der Waals surface area contributed by atoms with Gasteiger partial charge in [0.15, 0.2) is 0 Å². The van der Waals surface area contributed by atoms with Crippen LogP contribution in [0.25, 0.3) is 0 Å². The Bertz CT molecular complexity index is 588. The molecule has 1 aromatic carbocycles. The molecule has 2 aromatic rings. The Morgan fingerprint density at radius 2 is 1.86 bits per heavy atom. The number of anilines is 1. The van der Waals surface area contributed by atoms with Gasteiger partial charge in [-0.25, -0.2) is 4.98 Å². The van der Waals surface area contributed by atoms with Crippen molar-refractivity contribution >= 4 is 11.7 Å². The van der Waals surface area contributed by atoms with E-state index in [1.54, 1.807) is 25.4 Å². The monoisotopic (exact) mass is 283 g/mol. The van der Waals surface area contributed by atoms with Gasteiger partial charge < -0.3 is 10.6 Å². The first-order valence-electron chi connectivity index (χ1n) is 7.11. The molecule has 0 unspecified atom stereocenters. The van der Waals surface area contributed by atoms with Crippen LogP contribution in [0.3, 0.4) is 0 Å². The van der Waals surface area contributed by atoms with Gasteiger partial charge in [0.1, 0.15) is 5.82 Å². The molecule has 0 aliphatic rings. The number of hydrogen-bond donors (Lipinski definition) is 2. The van der Waals surface area contributed by atoms with E-state index >= 15 is 0 Å². The summed E-state index contributed by atoms with van der Waals surface area (Å²) in [4.78, 5) is 16.2. The summed E-state index contributed by atoms with van der Waals surface area (Å²) < 4.78 is 0. The number of nitrogens with one attached hydrogen (secondary N) is 2. The lowest BCUT2D eigenvalue weighted by molar-refractivity contribution is 0.0950. The van der Waals surface area contributed by atoms with Gasteiger partial charge in [-0.1, -0.05) is 38.1 Å². The van der Waals surface area contributed by atoms with E-state index < -0.39 is 0 Å². The zero-order chi connectivity index (χ0) is 15.2. The highest BCUT2D eigenvalue weighted by molar-refractivity contribution is 5.93. The van der Waals surface area contributed by atoms with Crippen molar-refractivity contribution < 1.29 is 4.79 Å². The summed E-state index contributed by atoms with van der Waals surface area (Å²) in [7, 11) is 1.79. The minimum atomic E-state index is -0.113. The van der Waals surface area contributed by atoms with Crippen molar-refractivity contribution in [3.05, 3.63) is 59.3 Å². The molecule has 4 heteroatoms. The number of nitrogens with zero attached hydrogens (tertiary/aromatic N) is 1. The van der Waals surface area contributed by atoms with Crippen LogP contribution in [-0.2, 0) is 6.54 Å². The second-order valence-electron chi connectivity index (χ2n) is 5.26. The first kappa shape index (κ1) is 15.0. The number of benzene rings is 1. The molecule has 0 aliphatic heterocycles. The van der Waals surface area contributed by atoms with Crippen LogP contribution in [0, 0.1) is 0 Å². The Kier molecular flexibility index (Phi) is 4.93. The maximum atomic E-state index is 12.0. The summed E-state index contributed by atoms with van der Waals surface area (Å²) in [6.07, 6.45) is 1.57. The summed E-state index contributed by atoms with van der Waals surface area (Å²) >= 11 is 0. The van der Waals surface area contributed by atoms with Gasteiger partial charge in [0.2, 0.25) is 0 Å². The van der Waals surface area contributed by atoms with Crippen LogP contribution in [0.4, 0.5) is 5.82 Å². The van der Waals surface area contributed by atoms with Crippen LogP contribution >= 0.6 is 0 Å². The number of carbonyl (C=O) groups excluding carboxylic acids is 1. The fourth-order valence-electron chi connectivity index (χ4n) is 1.98. The third kappa shape index (κ3) is 4.05. The SMILES string of the molecule is CNc1ccc(C(=O)NCc2ccc(C(C)C)cc2)cn1. The second-order valence-corrected chi connectivity index (χ2v) is 5.26. The molecule has 21 heavy (non-hydrogen) atoms. The van der Waals surface area contributed by atoms with E-state index in [4.69, 9.17) is 0 Å². The molecule has 0 fully saturated rings. The van der Waals surface area contributed by atoms with Crippen LogP contribution in [0.5, 0.6) is 0 Å². The van der Waals surface area contributed by atoms with Crippen molar-refractivity contribution in [2.24, 2.45) is 0 Å². The first-order valence-corrected chi connectivity index (χ1v) is 7.11. The van der Waals surface area contributed by atoms with Crippen molar-refractivity contribution in [2.75, 3.05) is 12.4 Å². The van der Waals surface area contributed by atoms with Crippen LogP contribution in [0.15, 0.2) is 42.6 Å². The van der Waals surface area contributed by atoms with Crippen LogP contribution < -0.4 is 10.6 Å². The van der Waals surface area contributed by atoms with Crippen LogP contribution in [0.1, 0.15) is 41.3 Å². The molecule has 1 heterocycles. The van der Waals surface area contributed by atoms with Crippen LogP contribution in [0.2, 0.25) is 0 Å². The van der Waals surface area contributed by atoms with E-state index in [2.05, 4.69) is 53.7 Å². The summed E-state index contributed by atoms with van der Waals surface area (Å²) in [5.41, 5.74) is 2.96. The summed E-state index contributed by atoms with van der Waals surface area (Å²) in [6, 6.07) is 11.9. The van der Waals surface area contributed by atoms with Gasteiger partial charge in [-0.15, -0.1) is 0 Å². The summed E-state index contributed by atoms with van der Waals surface area (Å²) in [5.74, 6) is 1.15. The maximum absolute atomic E-state index is 12.0. The molecule has 2 rings (SSSR count). The molecular weight excluding hydrogens is 262 g/mol. The van der Waals surface area contributed by atoms with Gasteiger partial charge >= 0.3 is 0 Å². The highest BCUT2D eigenvalue weighted by Gasteiger charge is 2.06. The van der Waals surface area contributed by atoms with Gasteiger partial charge in [-0.05, 0) is 29.2 Å². The van der Waals surface area contributed by atoms with E-state index in [9.17, 15) is 4.79 Å². The number of carbonyl (C=O) groups is 1. The van der Waals surface area contributed by atoms with Crippen molar-refractivity contribution in [3.63, 3.8) is 0 Å². The molecule has 0 radical (unpaired) electrons. The Labute approximate surface area is 125 Å². The molecule has 0 saturated heterocycles. The van der Waals surface area contributed by atoms with Crippen molar-refractivity contribution in [1.82, 2.24) is 10.3 Å². The summed E-state index contributed by atoms with van der Waals surface area (Å²) in [5, 5.41) is 5.82. The van der Waals surface area contributed by atoms with Gasteiger partial charge in [0.25, 0.3) is 5.91 Å². The fraction of sp³-hybridized carbons (Fsp3) is 0.294. The molecule has 0 aliphatic carbocycles. The molecule has 2 N–H and O–H groups in total. The second kappa shape index (κ2) is 6.88. The topological polar surface area (TPSA) is 54.0 Å². The molecule has 0 atom stereocenters. The predicted molar refractivity (Wildman–Crippen MR) is 85.5 cm³/mol. The average Bonchev–Trinajstić information content (AvgIpc) is 2.53.